The van der Waals surface area contributed by atoms with Crippen LogP contribution in [0, 0.1) is 0 Å². The Morgan fingerprint density at radius 1 is 1.75 bits per heavy atom. The van der Waals surface area contributed by atoms with E-state index in [1.54, 1.807) is 24.4 Å². The second-order valence-corrected chi connectivity index (χ2v) is 2.52. The number of nitrogens with zero attached hydrogens (tertiary/aromatic N) is 1. The summed E-state index contributed by atoms with van der Waals surface area (Å²) in [6.45, 7) is 3.53. The van der Waals surface area contributed by atoms with E-state index in [0.29, 0.717) is 17.8 Å². The lowest BCUT2D eigenvalue weighted by Crippen LogP contribution is -2.02. The molecular formula is C9H12N2O. The van der Waals surface area contributed by atoms with Gasteiger partial charge in [-0.3, -0.25) is 0 Å². The summed E-state index contributed by atoms with van der Waals surface area (Å²) >= 11 is 0. The van der Waals surface area contributed by atoms with E-state index in [4.69, 9.17) is 5.73 Å². The Hall–Kier alpha value is -1.35. The van der Waals surface area contributed by atoms with Crippen LogP contribution in [0.5, 0.6) is 0 Å². The van der Waals surface area contributed by atoms with Gasteiger partial charge in [0.1, 0.15) is 5.82 Å². The zero-order chi connectivity index (χ0) is 8.97. The summed E-state index contributed by atoms with van der Waals surface area (Å²) in [5, 5.41) is 9.51. The number of hydrogen-bond acceptors (Lipinski definition) is 3. The monoisotopic (exact) mass is 164 g/mol. The average molecular weight is 164 g/mol. The second-order valence-electron chi connectivity index (χ2n) is 2.52. The number of aliphatic hydroxyl groups is 1. The summed E-state index contributed by atoms with van der Waals surface area (Å²) in [7, 11) is 0. The summed E-state index contributed by atoms with van der Waals surface area (Å²) in [4.78, 5) is 3.87. The fraction of sp³-hybridized carbons (Fsp3) is 0.222. The fourth-order valence-electron chi connectivity index (χ4n) is 0.997. The first-order valence-electron chi connectivity index (χ1n) is 3.75. The topological polar surface area (TPSA) is 59.1 Å². The summed E-state index contributed by atoms with van der Waals surface area (Å²) < 4.78 is 0. The smallest absolute Gasteiger partial charge is 0.129 e. The highest BCUT2D eigenvalue weighted by atomic mass is 16.3. The largest absolute Gasteiger partial charge is 0.388 e. The Morgan fingerprint density at radius 3 is 3.08 bits per heavy atom. The molecule has 1 unspecified atom stereocenters. The van der Waals surface area contributed by atoms with Gasteiger partial charge in [-0.1, -0.05) is 12.1 Å². The minimum Gasteiger partial charge on any atom is -0.388 e. The molecule has 1 atom stereocenters. The molecule has 3 heteroatoms. The molecule has 12 heavy (non-hydrogen) atoms. The summed E-state index contributed by atoms with van der Waals surface area (Å²) in [6.07, 6.45) is 3.16. The van der Waals surface area contributed by atoms with Crippen LogP contribution < -0.4 is 5.73 Å². The highest BCUT2D eigenvalue weighted by Crippen LogP contribution is 2.20. The summed E-state index contributed by atoms with van der Waals surface area (Å²) in [5.74, 6) is 0.381. The molecule has 64 valence electrons. The van der Waals surface area contributed by atoms with E-state index in [1.165, 1.54) is 0 Å². The predicted octanol–water partition coefficient (Wildman–Crippen LogP) is 1.27. The zero-order valence-corrected chi connectivity index (χ0v) is 6.77. The number of aromatic nitrogens is 1. The predicted molar refractivity (Wildman–Crippen MR) is 48.4 cm³/mol. The van der Waals surface area contributed by atoms with Crippen molar-refractivity contribution in [3.05, 3.63) is 36.5 Å². The third-order valence-corrected chi connectivity index (χ3v) is 1.62. The van der Waals surface area contributed by atoms with Crippen LogP contribution in [0.1, 0.15) is 18.1 Å². The first-order valence-corrected chi connectivity index (χ1v) is 3.75. The maximum atomic E-state index is 9.51. The van der Waals surface area contributed by atoms with Gasteiger partial charge in [0.25, 0.3) is 0 Å². The number of hydrogen-bond donors (Lipinski definition) is 2. The van der Waals surface area contributed by atoms with E-state index in [-0.39, 0.29) is 0 Å². The Morgan fingerprint density at radius 2 is 2.50 bits per heavy atom. The first-order chi connectivity index (χ1) is 5.75. The Labute approximate surface area is 71.6 Å². The minimum absolute atomic E-state index is 0.381. The number of rotatable bonds is 3. The second kappa shape index (κ2) is 3.88. The summed E-state index contributed by atoms with van der Waals surface area (Å²) in [5.41, 5.74) is 6.21. The lowest BCUT2D eigenvalue weighted by atomic mass is 10.1. The van der Waals surface area contributed by atoms with Crippen LogP contribution in [0.15, 0.2) is 31.0 Å². The van der Waals surface area contributed by atoms with Gasteiger partial charge in [0, 0.05) is 11.8 Å². The molecule has 0 aromatic carbocycles. The van der Waals surface area contributed by atoms with Gasteiger partial charge in [0.15, 0.2) is 0 Å². The van der Waals surface area contributed by atoms with E-state index in [9.17, 15) is 5.11 Å². The highest BCUT2D eigenvalue weighted by Gasteiger charge is 2.08. The third kappa shape index (κ3) is 1.83. The number of nitrogen functional groups attached to an aromatic ring is 1. The van der Waals surface area contributed by atoms with Gasteiger partial charge >= 0.3 is 0 Å². The van der Waals surface area contributed by atoms with Crippen molar-refractivity contribution in [2.45, 2.75) is 12.5 Å². The SMILES string of the molecule is C=CCC(O)c1cccnc1N. The van der Waals surface area contributed by atoms with Crippen molar-refractivity contribution in [3.63, 3.8) is 0 Å². The van der Waals surface area contributed by atoms with Crippen molar-refractivity contribution in [1.29, 1.82) is 0 Å². The molecule has 1 aromatic heterocycles. The quantitative estimate of drug-likeness (QED) is 0.661. The highest BCUT2D eigenvalue weighted by molar-refractivity contribution is 5.40. The van der Waals surface area contributed by atoms with Gasteiger partial charge in [0.2, 0.25) is 0 Å². The van der Waals surface area contributed by atoms with Crippen molar-refractivity contribution in [2.24, 2.45) is 0 Å². The number of aliphatic hydroxyl groups excluding tert-OH is 1. The molecule has 0 amide bonds. The van der Waals surface area contributed by atoms with Crippen LogP contribution in [0.25, 0.3) is 0 Å². The van der Waals surface area contributed by atoms with Crippen LogP contribution in [0.3, 0.4) is 0 Å². The fourth-order valence-corrected chi connectivity index (χ4v) is 0.997. The molecule has 0 aliphatic heterocycles. The Balaban J connectivity index is 2.86. The van der Waals surface area contributed by atoms with Gasteiger partial charge in [-0.2, -0.15) is 0 Å². The van der Waals surface area contributed by atoms with Gasteiger partial charge in [-0.15, -0.1) is 6.58 Å². The third-order valence-electron chi connectivity index (χ3n) is 1.62. The molecule has 3 nitrogen and oxygen atoms in total. The number of anilines is 1. The van der Waals surface area contributed by atoms with Crippen LogP contribution in [-0.4, -0.2) is 10.1 Å². The van der Waals surface area contributed by atoms with E-state index < -0.39 is 6.10 Å². The lowest BCUT2D eigenvalue weighted by molar-refractivity contribution is 0.182. The molecular weight excluding hydrogens is 152 g/mol. The molecule has 1 rings (SSSR count). The van der Waals surface area contributed by atoms with Crippen molar-refractivity contribution < 1.29 is 5.11 Å². The van der Waals surface area contributed by atoms with Gasteiger partial charge in [0.05, 0.1) is 6.10 Å². The molecule has 0 fully saturated rings. The molecule has 0 spiro atoms. The van der Waals surface area contributed by atoms with E-state index in [0.717, 1.165) is 0 Å². The van der Waals surface area contributed by atoms with Crippen LogP contribution in [0.2, 0.25) is 0 Å². The van der Waals surface area contributed by atoms with Crippen molar-refractivity contribution in [3.8, 4) is 0 Å². The zero-order valence-electron chi connectivity index (χ0n) is 6.77. The summed E-state index contributed by atoms with van der Waals surface area (Å²) in [6, 6.07) is 3.51. The molecule has 0 aliphatic rings. The lowest BCUT2D eigenvalue weighted by Gasteiger charge is -2.09. The molecule has 3 N–H and O–H groups in total. The van der Waals surface area contributed by atoms with Crippen LogP contribution in [-0.2, 0) is 0 Å². The van der Waals surface area contributed by atoms with Gasteiger partial charge in [-0.25, -0.2) is 4.98 Å². The van der Waals surface area contributed by atoms with Gasteiger partial charge in [-0.05, 0) is 12.5 Å². The van der Waals surface area contributed by atoms with Crippen molar-refractivity contribution >= 4 is 5.82 Å². The van der Waals surface area contributed by atoms with Crippen molar-refractivity contribution in [2.75, 3.05) is 5.73 Å². The van der Waals surface area contributed by atoms with E-state index in [2.05, 4.69) is 11.6 Å². The maximum absolute atomic E-state index is 9.51. The molecule has 0 saturated carbocycles. The number of pyridine rings is 1. The minimum atomic E-state index is -0.587. The standard InChI is InChI=1S/C9H12N2O/c1-2-4-8(12)7-5-3-6-11-9(7)10/h2-3,5-6,8,12H,1,4H2,(H2,10,11). The van der Waals surface area contributed by atoms with Crippen LogP contribution in [0.4, 0.5) is 5.82 Å². The molecule has 0 radical (unpaired) electrons. The van der Waals surface area contributed by atoms with Crippen LogP contribution >= 0.6 is 0 Å². The van der Waals surface area contributed by atoms with Crippen molar-refractivity contribution in [1.82, 2.24) is 4.98 Å². The molecule has 1 heterocycles. The first kappa shape index (κ1) is 8.74. The Bertz CT molecular complexity index is 273. The van der Waals surface area contributed by atoms with E-state index in [1.807, 2.05) is 0 Å². The molecule has 1 aromatic rings. The molecule has 0 bridgehead atoms. The average Bonchev–Trinajstić information content (AvgIpc) is 2.05. The normalized spacial score (nSPS) is 12.4. The van der Waals surface area contributed by atoms with Gasteiger partial charge < -0.3 is 10.8 Å². The molecule has 0 saturated heterocycles. The maximum Gasteiger partial charge on any atom is 0.129 e. The Kier molecular flexibility index (Phi) is 2.82. The van der Waals surface area contributed by atoms with E-state index >= 15 is 0 Å². The number of nitrogens with two attached hydrogens (primary N) is 1. The molecule has 0 aliphatic carbocycles.